The van der Waals surface area contributed by atoms with Crippen LogP contribution >= 0.6 is 0 Å². The van der Waals surface area contributed by atoms with Crippen molar-refractivity contribution in [3.05, 3.63) is 68.4 Å². The predicted octanol–water partition coefficient (Wildman–Crippen LogP) is 2.53. The van der Waals surface area contributed by atoms with Gasteiger partial charge in [0.1, 0.15) is 6.10 Å². The molecular formula is C23H24N4O14-4. The summed E-state index contributed by atoms with van der Waals surface area (Å²) in [6.07, 6.45) is -0.801. The second-order valence-electron chi connectivity index (χ2n) is 9.15. The van der Waals surface area contributed by atoms with Crippen LogP contribution in [-0.4, -0.2) is 64.0 Å². The van der Waals surface area contributed by atoms with Crippen molar-refractivity contribution in [2.24, 2.45) is 0 Å². The zero-order valence-electron chi connectivity index (χ0n) is 21.0. The van der Waals surface area contributed by atoms with Gasteiger partial charge in [-0.1, -0.05) is 0 Å². The molecule has 2 fully saturated rings. The van der Waals surface area contributed by atoms with Crippen molar-refractivity contribution in [3.63, 3.8) is 0 Å². The van der Waals surface area contributed by atoms with Crippen molar-refractivity contribution < 1.29 is 49.4 Å². The summed E-state index contributed by atoms with van der Waals surface area (Å²) in [5, 5.41) is 79.7. The average Bonchev–Trinajstić information content (AvgIpc) is 2.94. The van der Waals surface area contributed by atoms with E-state index < -0.39 is 79.2 Å². The Morgan fingerprint density at radius 3 is 1.73 bits per heavy atom. The van der Waals surface area contributed by atoms with E-state index in [4.69, 9.17) is 18.9 Å². The minimum atomic E-state index is -1.42. The number of nitrogens with zero attached hydrogens (tertiary/aromatic N) is 4. The van der Waals surface area contributed by atoms with Crippen molar-refractivity contribution in [2.45, 2.75) is 43.7 Å². The Kier molecular flexibility index (Phi) is 9.09. The van der Waals surface area contributed by atoms with E-state index in [2.05, 4.69) is 0 Å². The van der Waals surface area contributed by atoms with Gasteiger partial charge in [-0.25, -0.2) is 9.59 Å². The van der Waals surface area contributed by atoms with Gasteiger partial charge in [0.2, 0.25) is 5.79 Å². The van der Waals surface area contributed by atoms with E-state index >= 15 is 0 Å². The summed E-state index contributed by atoms with van der Waals surface area (Å²) in [4.78, 5) is 25.9. The number of rotatable bonds is 8. The number of carbonyl (C=O) groups excluding carboxylic acids is 2. The summed E-state index contributed by atoms with van der Waals surface area (Å²) in [6, 6.07) is 5.24. The number of hydrogen-bond donors (Lipinski definition) is 4. The molecule has 0 saturated carbocycles. The molecule has 2 aromatic carbocycles. The third-order valence-corrected chi connectivity index (χ3v) is 6.43. The Hall–Kier alpha value is -3.82. The van der Waals surface area contributed by atoms with Gasteiger partial charge in [0, 0.05) is 24.2 Å². The fraction of sp³-hybridized carbons (Fsp3) is 0.391. The van der Waals surface area contributed by atoms with Crippen LogP contribution < -0.4 is 20.9 Å². The molecule has 4 rings (SSSR count). The number of esters is 2. The van der Waals surface area contributed by atoms with E-state index in [1.807, 2.05) is 0 Å². The minimum absolute atomic E-state index is 0.167. The lowest BCUT2D eigenvalue weighted by molar-refractivity contribution is -0.326. The Morgan fingerprint density at radius 2 is 1.27 bits per heavy atom. The number of anilines is 4. The highest BCUT2D eigenvalue weighted by Crippen LogP contribution is 2.38. The zero-order valence-corrected chi connectivity index (χ0v) is 21.0. The van der Waals surface area contributed by atoms with Crippen molar-refractivity contribution >= 4 is 34.7 Å². The van der Waals surface area contributed by atoms with Crippen LogP contribution in [0.4, 0.5) is 22.7 Å². The molecule has 0 aromatic heterocycles. The molecule has 2 aliphatic rings. The molecule has 2 aliphatic heterocycles. The van der Waals surface area contributed by atoms with Crippen LogP contribution in [-0.2, 0) is 18.9 Å². The highest BCUT2D eigenvalue weighted by molar-refractivity contribution is 5.93. The van der Waals surface area contributed by atoms with Gasteiger partial charge in [0.25, 0.3) is 0 Å². The monoisotopic (exact) mass is 580 g/mol. The maximum atomic E-state index is 13.1. The standard InChI is InChI=1S/C23H24N4O14/c28-21(13-5-15(24(30)31)9-16(6-13)25(32)33)40-19-11-20(23(39-12-19)3-1-2-4-38-23)41-22(29)14-7-17(26(34)35)10-18(8-14)27(36)37/h5-10,19-20,30-31,34-35H,1-4,11-12H2/q-4. The van der Waals surface area contributed by atoms with Crippen LogP contribution in [0.3, 0.4) is 0 Å². The molecule has 18 nitrogen and oxygen atoms in total. The lowest BCUT2D eigenvalue weighted by Gasteiger charge is -2.46. The number of ether oxygens (including phenoxy) is 4. The van der Waals surface area contributed by atoms with Gasteiger partial charge in [0.05, 0.1) is 35.7 Å². The van der Waals surface area contributed by atoms with Gasteiger partial charge >= 0.3 is 11.9 Å². The zero-order chi connectivity index (χ0) is 29.9. The second-order valence-corrected chi connectivity index (χ2v) is 9.15. The van der Waals surface area contributed by atoms with Crippen LogP contribution in [0.15, 0.2) is 36.4 Å². The Balaban J connectivity index is 1.56. The van der Waals surface area contributed by atoms with E-state index in [-0.39, 0.29) is 25.2 Å². The molecule has 3 atom stereocenters. The molecule has 2 heterocycles. The van der Waals surface area contributed by atoms with E-state index in [1.54, 1.807) is 0 Å². The third-order valence-electron chi connectivity index (χ3n) is 6.43. The van der Waals surface area contributed by atoms with Crippen molar-refractivity contribution in [2.75, 3.05) is 34.1 Å². The Labute approximate surface area is 230 Å². The molecule has 0 amide bonds. The smallest absolute Gasteiger partial charge is 0.338 e. The number of carbonyl (C=O) groups is 2. The first-order valence-electron chi connectivity index (χ1n) is 12.0. The summed E-state index contributed by atoms with van der Waals surface area (Å²) >= 11 is 0. The number of hydrogen-bond acceptors (Lipinski definition) is 18. The topological polar surface area (TPSA) is 257 Å². The maximum absolute atomic E-state index is 13.1. The van der Waals surface area contributed by atoms with Crippen LogP contribution in [0.5, 0.6) is 0 Å². The molecule has 0 aliphatic carbocycles. The lowest BCUT2D eigenvalue weighted by atomic mass is 9.93. The first kappa shape index (κ1) is 30.1. The molecule has 2 saturated heterocycles. The molecule has 41 heavy (non-hydrogen) atoms. The summed E-state index contributed by atoms with van der Waals surface area (Å²) in [6.45, 7) is 0.0529. The fourth-order valence-corrected chi connectivity index (χ4v) is 4.48. The summed E-state index contributed by atoms with van der Waals surface area (Å²) in [7, 11) is 0. The first-order chi connectivity index (χ1) is 19.4. The average molecular weight is 580 g/mol. The largest absolute Gasteiger partial charge is 0.769 e. The molecule has 0 radical (unpaired) electrons. The summed E-state index contributed by atoms with van der Waals surface area (Å²) in [5.74, 6) is -3.60. The van der Waals surface area contributed by atoms with Crippen LogP contribution in [0, 0.1) is 20.8 Å². The van der Waals surface area contributed by atoms with E-state index in [1.165, 1.54) is 0 Å². The highest BCUT2D eigenvalue weighted by Gasteiger charge is 2.50. The molecule has 1 spiro atoms. The highest BCUT2D eigenvalue weighted by atomic mass is 16.8. The SMILES string of the molecule is O=C(OC1COC2(CCCCO2)C(OC(=O)c2cc(N([O-])[O-])cc(N(O)O)c2)C1)c1cc(N([O-])[O-])cc(N(O)O)c1. The molecule has 4 N–H and O–H groups in total. The number of benzene rings is 2. The van der Waals surface area contributed by atoms with Crippen LogP contribution in [0.2, 0.25) is 0 Å². The minimum Gasteiger partial charge on any atom is -0.769 e. The third kappa shape index (κ3) is 6.92. The quantitative estimate of drug-likeness (QED) is 0.258. The molecule has 0 bridgehead atoms. The lowest BCUT2D eigenvalue weighted by Crippen LogP contribution is -2.57. The van der Waals surface area contributed by atoms with Crippen molar-refractivity contribution in [1.29, 1.82) is 0 Å². The van der Waals surface area contributed by atoms with Gasteiger partial charge < -0.3 is 50.2 Å². The van der Waals surface area contributed by atoms with Gasteiger partial charge in [-0.05, 0) is 49.2 Å². The van der Waals surface area contributed by atoms with Gasteiger partial charge in [-0.2, -0.15) is 0 Å². The van der Waals surface area contributed by atoms with Crippen molar-refractivity contribution in [3.8, 4) is 0 Å². The predicted molar refractivity (Wildman–Crippen MR) is 135 cm³/mol. The van der Waals surface area contributed by atoms with Gasteiger partial charge in [-0.15, -0.1) is 10.5 Å². The molecule has 224 valence electrons. The summed E-state index contributed by atoms with van der Waals surface area (Å²) in [5.41, 5.74) is -2.99. The summed E-state index contributed by atoms with van der Waals surface area (Å²) < 4.78 is 22.7. The first-order valence-corrected chi connectivity index (χ1v) is 12.0. The Morgan fingerprint density at radius 1 is 0.756 bits per heavy atom. The van der Waals surface area contributed by atoms with Crippen molar-refractivity contribution in [1.82, 2.24) is 0 Å². The molecule has 18 heteroatoms. The molecule has 3 unspecified atom stereocenters. The Bertz CT molecular complexity index is 1200. The second kappa shape index (κ2) is 12.4. The molecule has 2 aromatic rings. The van der Waals surface area contributed by atoms with Gasteiger partial charge in [-0.3, -0.25) is 20.8 Å². The van der Waals surface area contributed by atoms with E-state index in [9.17, 15) is 51.2 Å². The van der Waals surface area contributed by atoms with E-state index in [0.717, 1.165) is 36.4 Å². The fourth-order valence-electron chi connectivity index (χ4n) is 4.48. The van der Waals surface area contributed by atoms with E-state index in [0.29, 0.717) is 19.3 Å². The van der Waals surface area contributed by atoms with Crippen LogP contribution in [0.25, 0.3) is 0 Å². The van der Waals surface area contributed by atoms with Gasteiger partial charge in [0.15, 0.2) is 6.10 Å². The van der Waals surface area contributed by atoms with Crippen LogP contribution in [0.1, 0.15) is 46.4 Å². The maximum Gasteiger partial charge on any atom is 0.338 e. The normalized spacial score (nSPS) is 22.1. The molecular weight excluding hydrogens is 556 g/mol.